The molecule has 0 aliphatic rings. The second-order valence-corrected chi connectivity index (χ2v) is 5.53. The first-order valence-electron chi connectivity index (χ1n) is 7.22. The molecular formula is C18H16ClNO4. The lowest BCUT2D eigenvalue weighted by Gasteiger charge is -2.13. The number of amides is 1. The number of methoxy groups -OCH3 is 1. The molecule has 124 valence electrons. The molecule has 0 radical (unpaired) electrons. The van der Waals surface area contributed by atoms with Crippen LogP contribution < -0.4 is 5.32 Å². The van der Waals surface area contributed by atoms with E-state index in [2.05, 4.69) is 10.1 Å². The SMILES string of the molecule is COC(=O)c1ccc(Cl)c(NC(=O)C(C)C(=O)c2ccccc2)c1. The molecule has 1 atom stereocenters. The summed E-state index contributed by atoms with van der Waals surface area (Å²) < 4.78 is 4.63. The van der Waals surface area contributed by atoms with Crippen LogP contribution >= 0.6 is 11.6 Å². The number of anilines is 1. The van der Waals surface area contributed by atoms with E-state index in [0.717, 1.165) is 0 Å². The minimum Gasteiger partial charge on any atom is -0.465 e. The summed E-state index contributed by atoms with van der Waals surface area (Å²) in [6, 6.07) is 12.9. The fourth-order valence-electron chi connectivity index (χ4n) is 2.08. The minimum absolute atomic E-state index is 0.247. The van der Waals surface area contributed by atoms with Crippen molar-refractivity contribution < 1.29 is 19.1 Å². The predicted molar refractivity (Wildman–Crippen MR) is 91.4 cm³/mol. The van der Waals surface area contributed by atoms with E-state index in [9.17, 15) is 14.4 Å². The van der Waals surface area contributed by atoms with Gasteiger partial charge in [-0.3, -0.25) is 9.59 Å². The number of ketones is 1. The highest BCUT2D eigenvalue weighted by atomic mass is 35.5. The lowest BCUT2D eigenvalue weighted by atomic mass is 9.98. The Kier molecular flexibility index (Phi) is 5.71. The van der Waals surface area contributed by atoms with Gasteiger partial charge in [-0.15, -0.1) is 0 Å². The summed E-state index contributed by atoms with van der Waals surface area (Å²) in [6.45, 7) is 1.52. The van der Waals surface area contributed by atoms with Gasteiger partial charge in [0.05, 0.1) is 29.3 Å². The summed E-state index contributed by atoms with van der Waals surface area (Å²) in [5, 5.41) is 2.84. The number of rotatable bonds is 5. The van der Waals surface area contributed by atoms with E-state index in [-0.39, 0.29) is 22.1 Å². The zero-order valence-electron chi connectivity index (χ0n) is 13.2. The molecule has 0 saturated carbocycles. The van der Waals surface area contributed by atoms with Crippen molar-refractivity contribution in [2.24, 2.45) is 5.92 Å². The molecule has 0 saturated heterocycles. The summed E-state index contributed by atoms with van der Waals surface area (Å²) in [4.78, 5) is 36.2. The summed E-state index contributed by atoms with van der Waals surface area (Å²) in [5.41, 5.74) is 0.950. The largest absolute Gasteiger partial charge is 0.465 e. The quantitative estimate of drug-likeness (QED) is 0.510. The molecule has 2 rings (SSSR count). The van der Waals surface area contributed by atoms with Crippen LogP contribution in [-0.2, 0) is 9.53 Å². The molecular weight excluding hydrogens is 330 g/mol. The highest BCUT2D eigenvalue weighted by Gasteiger charge is 2.23. The van der Waals surface area contributed by atoms with Gasteiger partial charge in [-0.2, -0.15) is 0 Å². The third-order valence-electron chi connectivity index (χ3n) is 3.49. The van der Waals surface area contributed by atoms with E-state index in [0.29, 0.717) is 5.56 Å². The van der Waals surface area contributed by atoms with Crippen LogP contribution in [0.4, 0.5) is 5.69 Å². The zero-order valence-corrected chi connectivity index (χ0v) is 14.0. The van der Waals surface area contributed by atoms with Gasteiger partial charge in [-0.25, -0.2) is 4.79 Å². The summed E-state index contributed by atoms with van der Waals surface area (Å²) >= 11 is 6.04. The molecule has 6 heteroatoms. The maximum Gasteiger partial charge on any atom is 0.337 e. The fourth-order valence-corrected chi connectivity index (χ4v) is 2.24. The summed E-state index contributed by atoms with van der Waals surface area (Å²) in [7, 11) is 1.26. The Morgan fingerprint density at radius 1 is 1.04 bits per heavy atom. The van der Waals surface area contributed by atoms with Gasteiger partial charge in [0.2, 0.25) is 5.91 Å². The van der Waals surface area contributed by atoms with Gasteiger partial charge in [0.1, 0.15) is 0 Å². The number of Topliss-reactive ketones (excluding diaryl/α,β-unsaturated/α-hetero) is 1. The second-order valence-electron chi connectivity index (χ2n) is 5.13. The van der Waals surface area contributed by atoms with Crippen molar-refractivity contribution in [1.29, 1.82) is 0 Å². The number of carbonyl (C=O) groups is 3. The average Bonchev–Trinajstić information content (AvgIpc) is 2.62. The Morgan fingerprint density at radius 3 is 2.33 bits per heavy atom. The van der Waals surface area contributed by atoms with Crippen molar-refractivity contribution in [2.45, 2.75) is 6.92 Å². The molecule has 0 fully saturated rings. The van der Waals surface area contributed by atoms with Crippen molar-refractivity contribution in [3.05, 3.63) is 64.7 Å². The molecule has 1 unspecified atom stereocenters. The molecule has 5 nitrogen and oxygen atoms in total. The molecule has 0 aromatic heterocycles. The Morgan fingerprint density at radius 2 is 1.71 bits per heavy atom. The number of hydrogen-bond acceptors (Lipinski definition) is 4. The smallest absolute Gasteiger partial charge is 0.337 e. The van der Waals surface area contributed by atoms with Gasteiger partial charge >= 0.3 is 5.97 Å². The van der Waals surface area contributed by atoms with E-state index < -0.39 is 17.8 Å². The molecule has 24 heavy (non-hydrogen) atoms. The van der Waals surface area contributed by atoms with Crippen LogP contribution in [0.2, 0.25) is 5.02 Å². The molecule has 2 aromatic rings. The van der Waals surface area contributed by atoms with Crippen molar-refractivity contribution in [2.75, 3.05) is 12.4 Å². The van der Waals surface area contributed by atoms with Crippen LogP contribution in [0.15, 0.2) is 48.5 Å². The van der Waals surface area contributed by atoms with Crippen molar-refractivity contribution in [1.82, 2.24) is 0 Å². The van der Waals surface area contributed by atoms with E-state index >= 15 is 0 Å². The second kappa shape index (κ2) is 7.75. The maximum atomic E-state index is 12.3. The van der Waals surface area contributed by atoms with E-state index in [1.165, 1.54) is 32.2 Å². The molecule has 0 bridgehead atoms. The number of ether oxygens (including phenoxy) is 1. The normalized spacial score (nSPS) is 11.5. The number of benzene rings is 2. The average molecular weight is 346 g/mol. The Bertz CT molecular complexity index is 774. The predicted octanol–water partition coefficient (Wildman–Crippen LogP) is 3.58. The first-order chi connectivity index (χ1) is 11.4. The molecule has 1 amide bonds. The van der Waals surface area contributed by atoms with Gasteiger partial charge in [0.15, 0.2) is 5.78 Å². The Labute approximate surface area is 144 Å². The first-order valence-corrected chi connectivity index (χ1v) is 7.60. The van der Waals surface area contributed by atoms with Gasteiger partial charge in [0.25, 0.3) is 0 Å². The lowest BCUT2D eigenvalue weighted by molar-refractivity contribution is -0.118. The third-order valence-corrected chi connectivity index (χ3v) is 3.82. The van der Waals surface area contributed by atoms with Crippen LogP contribution in [0.5, 0.6) is 0 Å². The van der Waals surface area contributed by atoms with Crippen LogP contribution in [0.25, 0.3) is 0 Å². The molecule has 2 aromatic carbocycles. The lowest BCUT2D eigenvalue weighted by Crippen LogP contribution is -2.27. The molecule has 0 spiro atoms. The Balaban J connectivity index is 2.17. The standard InChI is InChI=1S/C18H16ClNO4/c1-11(16(21)12-6-4-3-5-7-12)17(22)20-15-10-13(18(23)24-2)8-9-14(15)19/h3-11H,1-2H3,(H,20,22). The maximum absolute atomic E-state index is 12.3. The van der Waals surface area contributed by atoms with Crippen molar-refractivity contribution >= 4 is 34.9 Å². The van der Waals surface area contributed by atoms with Crippen molar-refractivity contribution in [3.63, 3.8) is 0 Å². The summed E-state index contributed by atoms with van der Waals surface area (Å²) in [6.07, 6.45) is 0. The molecule has 0 heterocycles. The first kappa shape index (κ1) is 17.7. The highest BCUT2D eigenvalue weighted by molar-refractivity contribution is 6.34. The van der Waals surface area contributed by atoms with Crippen LogP contribution in [0.3, 0.4) is 0 Å². The number of nitrogens with one attached hydrogen (secondary N) is 1. The van der Waals surface area contributed by atoms with Crippen LogP contribution in [0, 0.1) is 5.92 Å². The van der Waals surface area contributed by atoms with Gasteiger partial charge in [-0.05, 0) is 25.1 Å². The van der Waals surface area contributed by atoms with Crippen molar-refractivity contribution in [3.8, 4) is 0 Å². The van der Waals surface area contributed by atoms with Crippen LogP contribution in [-0.4, -0.2) is 24.8 Å². The van der Waals surface area contributed by atoms with E-state index in [4.69, 9.17) is 11.6 Å². The zero-order chi connectivity index (χ0) is 17.7. The van der Waals surface area contributed by atoms with Gasteiger partial charge in [-0.1, -0.05) is 41.9 Å². The van der Waals surface area contributed by atoms with Gasteiger partial charge < -0.3 is 10.1 Å². The number of esters is 1. The monoisotopic (exact) mass is 345 g/mol. The fraction of sp³-hybridized carbons (Fsp3) is 0.167. The van der Waals surface area contributed by atoms with E-state index in [1.54, 1.807) is 30.3 Å². The number of halogens is 1. The molecule has 1 N–H and O–H groups in total. The van der Waals surface area contributed by atoms with Crippen LogP contribution in [0.1, 0.15) is 27.6 Å². The minimum atomic E-state index is -0.898. The molecule has 0 aliphatic carbocycles. The summed E-state index contributed by atoms with van der Waals surface area (Å²) in [5.74, 6) is -2.25. The highest BCUT2D eigenvalue weighted by Crippen LogP contribution is 2.24. The Hall–Kier alpha value is -2.66. The topological polar surface area (TPSA) is 72.5 Å². The number of carbonyl (C=O) groups excluding carboxylic acids is 3. The van der Waals surface area contributed by atoms with Gasteiger partial charge in [0, 0.05) is 5.56 Å². The van der Waals surface area contributed by atoms with E-state index in [1.807, 2.05) is 0 Å². The molecule has 0 aliphatic heterocycles. The number of hydrogen-bond donors (Lipinski definition) is 1. The third kappa shape index (κ3) is 4.00.